The van der Waals surface area contributed by atoms with Gasteiger partial charge in [0.1, 0.15) is 0 Å². The van der Waals surface area contributed by atoms with E-state index in [2.05, 4.69) is 49.2 Å². The fraction of sp³-hybridized carbons (Fsp3) is 0.667. The van der Waals surface area contributed by atoms with E-state index in [0.717, 1.165) is 12.1 Å². The van der Waals surface area contributed by atoms with Gasteiger partial charge in [0.05, 0.1) is 0 Å². The minimum Gasteiger partial charge on any atom is -0.312 e. The predicted octanol–water partition coefficient (Wildman–Crippen LogP) is 3.58. The summed E-state index contributed by atoms with van der Waals surface area (Å²) < 4.78 is 0. The zero-order chi connectivity index (χ0) is 14.1. The molecular formula is C18H28N2. The largest absolute Gasteiger partial charge is 0.312 e. The van der Waals surface area contributed by atoms with Crippen molar-refractivity contribution in [1.82, 2.24) is 10.2 Å². The van der Waals surface area contributed by atoms with Crippen LogP contribution in [-0.2, 0) is 0 Å². The van der Waals surface area contributed by atoms with Gasteiger partial charge in [-0.05, 0) is 76.2 Å². The molecule has 1 aromatic carbocycles. The number of likely N-dealkylation sites (tertiary alicyclic amines) is 1. The lowest BCUT2D eigenvalue weighted by atomic mass is 9.98. The number of aryl methyl sites for hydroxylation is 2. The van der Waals surface area contributed by atoms with Gasteiger partial charge in [0.2, 0.25) is 0 Å². The van der Waals surface area contributed by atoms with Gasteiger partial charge < -0.3 is 5.32 Å². The fourth-order valence-electron chi connectivity index (χ4n) is 3.98. The van der Waals surface area contributed by atoms with Gasteiger partial charge in [-0.25, -0.2) is 0 Å². The highest BCUT2D eigenvalue weighted by Gasteiger charge is 2.35. The molecule has 2 fully saturated rings. The van der Waals surface area contributed by atoms with Crippen molar-refractivity contribution in [2.24, 2.45) is 0 Å². The molecule has 0 bridgehead atoms. The van der Waals surface area contributed by atoms with Crippen molar-refractivity contribution >= 4 is 0 Å². The Labute approximate surface area is 123 Å². The van der Waals surface area contributed by atoms with Crippen LogP contribution < -0.4 is 5.32 Å². The highest BCUT2D eigenvalue weighted by Crippen LogP contribution is 2.33. The number of nitrogens with zero attached hydrogens (tertiary/aromatic N) is 1. The Hall–Kier alpha value is -0.860. The minimum atomic E-state index is 0.546. The first-order valence-corrected chi connectivity index (χ1v) is 8.23. The van der Waals surface area contributed by atoms with Crippen molar-refractivity contribution in [3.8, 4) is 0 Å². The molecular weight excluding hydrogens is 244 g/mol. The lowest BCUT2D eigenvalue weighted by Gasteiger charge is -2.34. The molecule has 3 unspecified atom stereocenters. The topological polar surface area (TPSA) is 15.3 Å². The minimum absolute atomic E-state index is 0.546. The fourth-order valence-corrected chi connectivity index (χ4v) is 3.98. The Balaban J connectivity index is 1.77. The molecule has 2 heteroatoms. The van der Waals surface area contributed by atoms with Crippen molar-refractivity contribution in [2.45, 2.75) is 64.6 Å². The van der Waals surface area contributed by atoms with Crippen LogP contribution in [0.5, 0.6) is 0 Å². The second-order valence-corrected chi connectivity index (χ2v) is 6.67. The Bertz CT molecular complexity index is 462. The second kappa shape index (κ2) is 5.87. The molecule has 0 spiro atoms. The third kappa shape index (κ3) is 2.64. The zero-order valence-corrected chi connectivity index (χ0v) is 13.2. The van der Waals surface area contributed by atoms with Gasteiger partial charge in [0, 0.05) is 18.1 Å². The van der Waals surface area contributed by atoms with Gasteiger partial charge >= 0.3 is 0 Å². The normalized spacial score (nSPS) is 28.9. The van der Waals surface area contributed by atoms with E-state index in [1.54, 1.807) is 0 Å². The Morgan fingerprint density at radius 2 is 2.00 bits per heavy atom. The molecule has 110 valence electrons. The molecule has 2 nitrogen and oxygen atoms in total. The Morgan fingerprint density at radius 1 is 1.15 bits per heavy atom. The summed E-state index contributed by atoms with van der Waals surface area (Å²) in [6.45, 7) is 9.29. The summed E-state index contributed by atoms with van der Waals surface area (Å²) in [6.07, 6.45) is 5.44. The predicted molar refractivity (Wildman–Crippen MR) is 85.1 cm³/mol. The monoisotopic (exact) mass is 272 g/mol. The zero-order valence-electron chi connectivity index (χ0n) is 13.2. The van der Waals surface area contributed by atoms with E-state index >= 15 is 0 Å². The molecule has 2 heterocycles. The van der Waals surface area contributed by atoms with Crippen molar-refractivity contribution in [1.29, 1.82) is 0 Å². The first-order valence-electron chi connectivity index (χ1n) is 8.23. The van der Waals surface area contributed by atoms with E-state index in [4.69, 9.17) is 0 Å². The lowest BCUT2D eigenvalue weighted by Crippen LogP contribution is -2.44. The molecule has 1 N–H and O–H groups in total. The summed E-state index contributed by atoms with van der Waals surface area (Å²) in [4.78, 5) is 2.74. The highest BCUT2D eigenvalue weighted by molar-refractivity contribution is 5.31. The van der Waals surface area contributed by atoms with Crippen LogP contribution in [0.15, 0.2) is 18.2 Å². The summed E-state index contributed by atoms with van der Waals surface area (Å²) in [5.74, 6) is 0. The van der Waals surface area contributed by atoms with E-state index in [-0.39, 0.29) is 0 Å². The molecule has 3 atom stereocenters. The van der Waals surface area contributed by atoms with Gasteiger partial charge in [-0.15, -0.1) is 0 Å². The number of rotatable bonds is 3. The summed E-state index contributed by atoms with van der Waals surface area (Å²) in [6, 6.07) is 9.01. The Morgan fingerprint density at radius 3 is 2.70 bits per heavy atom. The van der Waals surface area contributed by atoms with Crippen molar-refractivity contribution in [3.05, 3.63) is 34.9 Å². The number of nitrogens with one attached hydrogen (secondary N) is 1. The summed E-state index contributed by atoms with van der Waals surface area (Å²) in [7, 11) is 0. The summed E-state index contributed by atoms with van der Waals surface area (Å²) in [5.41, 5.74) is 4.30. The van der Waals surface area contributed by atoms with E-state index in [0.29, 0.717) is 6.04 Å². The number of hydrogen-bond acceptors (Lipinski definition) is 2. The maximum Gasteiger partial charge on any atom is 0.0323 e. The summed E-state index contributed by atoms with van der Waals surface area (Å²) >= 11 is 0. The molecule has 0 amide bonds. The van der Waals surface area contributed by atoms with Crippen molar-refractivity contribution < 1.29 is 0 Å². The van der Waals surface area contributed by atoms with Crippen LogP contribution in [0.3, 0.4) is 0 Å². The average Bonchev–Trinajstić information content (AvgIpc) is 3.10. The van der Waals surface area contributed by atoms with E-state index in [1.165, 1.54) is 55.5 Å². The molecule has 0 aromatic heterocycles. The van der Waals surface area contributed by atoms with Crippen LogP contribution in [-0.4, -0.2) is 30.1 Å². The third-order valence-electron chi connectivity index (χ3n) is 5.42. The molecule has 2 aliphatic rings. The van der Waals surface area contributed by atoms with Gasteiger partial charge in [-0.2, -0.15) is 0 Å². The average molecular weight is 272 g/mol. The summed E-state index contributed by atoms with van der Waals surface area (Å²) in [5, 5.41) is 3.71. The molecule has 0 saturated carbocycles. The van der Waals surface area contributed by atoms with Crippen LogP contribution in [0.1, 0.15) is 55.3 Å². The smallest absolute Gasteiger partial charge is 0.0323 e. The number of hydrogen-bond donors (Lipinski definition) is 1. The SMILES string of the molecule is Cc1ccc(C(C)N2CCCC2C2CCCN2)cc1C. The van der Waals surface area contributed by atoms with Gasteiger partial charge in [0.15, 0.2) is 0 Å². The molecule has 3 rings (SSSR count). The Kier molecular flexibility index (Phi) is 4.13. The maximum atomic E-state index is 3.71. The first-order chi connectivity index (χ1) is 9.66. The second-order valence-electron chi connectivity index (χ2n) is 6.67. The van der Waals surface area contributed by atoms with Crippen LogP contribution in [0, 0.1) is 13.8 Å². The lowest BCUT2D eigenvalue weighted by molar-refractivity contribution is 0.163. The van der Waals surface area contributed by atoms with Crippen LogP contribution in [0.2, 0.25) is 0 Å². The molecule has 1 aromatic rings. The molecule has 2 aliphatic heterocycles. The van der Waals surface area contributed by atoms with Crippen molar-refractivity contribution in [2.75, 3.05) is 13.1 Å². The van der Waals surface area contributed by atoms with Crippen molar-refractivity contribution in [3.63, 3.8) is 0 Å². The van der Waals surface area contributed by atoms with E-state index in [9.17, 15) is 0 Å². The van der Waals surface area contributed by atoms with Crippen LogP contribution in [0.4, 0.5) is 0 Å². The van der Waals surface area contributed by atoms with E-state index < -0.39 is 0 Å². The molecule has 0 aliphatic carbocycles. The molecule has 20 heavy (non-hydrogen) atoms. The van der Waals surface area contributed by atoms with Gasteiger partial charge in [-0.3, -0.25) is 4.90 Å². The van der Waals surface area contributed by atoms with Crippen LogP contribution >= 0.6 is 0 Å². The number of benzene rings is 1. The van der Waals surface area contributed by atoms with Crippen LogP contribution in [0.25, 0.3) is 0 Å². The molecule has 2 saturated heterocycles. The standard InChI is InChI=1S/C18H28N2/c1-13-8-9-16(12-14(13)2)15(3)20-11-5-7-18(20)17-6-4-10-19-17/h8-9,12,15,17-19H,4-7,10-11H2,1-3H3. The maximum absolute atomic E-state index is 3.71. The molecule has 0 radical (unpaired) electrons. The van der Waals surface area contributed by atoms with Gasteiger partial charge in [-0.1, -0.05) is 18.2 Å². The van der Waals surface area contributed by atoms with E-state index in [1.807, 2.05) is 0 Å². The quantitative estimate of drug-likeness (QED) is 0.905. The van der Waals surface area contributed by atoms with Gasteiger partial charge in [0.25, 0.3) is 0 Å². The highest BCUT2D eigenvalue weighted by atomic mass is 15.2. The first kappa shape index (κ1) is 14.1. The third-order valence-corrected chi connectivity index (χ3v) is 5.42.